The third-order valence-electron chi connectivity index (χ3n) is 4.20. The van der Waals surface area contributed by atoms with Gasteiger partial charge in [0.2, 0.25) is 0 Å². The molecule has 1 aromatic carbocycles. The van der Waals surface area contributed by atoms with E-state index in [2.05, 4.69) is 15.0 Å². The first kappa shape index (κ1) is 16.1. The number of hydrogen-bond acceptors (Lipinski definition) is 4. The van der Waals surface area contributed by atoms with E-state index in [0.29, 0.717) is 22.8 Å². The van der Waals surface area contributed by atoms with E-state index in [-0.39, 0.29) is 5.56 Å². The summed E-state index contributed by atoms with van der Waals surface area (Å²) in [5, 5.41) is 1.20. The molecule has 126 valence electrons. The van der Waals surface area contributed by atoms with E-state index in [4.69, 9.17) is 11.6 Å². The van der Waals surface area contributed by atoms with Crippen LogP contribution < -0.4 is 5.56 Å². The molecule has 5 nitrogen and oxygen atoms in total. The molecule has 4 rings (SSSR count). The molecule has 3 aromatic heterocycles. The van der Waals surface area contributed by atoms with Crippen LogP contribution in [0.25, 0.3) is 21.3 Å². The first-order valence-corrected chi connectivity index (χ1v) is 8.98. The van der Waals surface area contributed by atoms with E-state index >= 15 is 0 Å². The Morgan fingerprint density at radius 2 is 2.04 bits per heavy atom. The maximum atomic E-state index is 12.7. The third kappa shape index (κ3) is 2.77. The summed E-state index contributed by atoms with van der Waals surface area (Å²) < 4.78 is 1.78. The summed E-state index contributed by atoms with van der Waals surface area (Å²) >= 11 is 7.56. The van der Waals surface area contributed by atoms with Crippen LogP contribution in [0.3, 0.4) is 0 Å². The summed E-state index contributed by atoms with van der Waals surface area (Å²) in [6, 6.07) is 9.93. The van der Waals surface area contributed by atoms with Crippen LogP contribution in [0.2, 0.25) is 5.15 Å². The van der Waals surface area contributed by atoms with Crippen LogP contribution in [0.4, 0.5) is 0 Å². The Morgan fingerprint density at radius 1 is 1.28 bits per heavy atom. The van der Waals surface area contributed by atoms with E-state index in [1.54, 1.807) is 10.8 Å². The zero-order chi connectivity index (χ0) is 17.6. The molecule has 3 heterocycles. The van der Waals surface area contributed by atoms with Gasteiger partial charge in [0.15, 0.2) is 0 Å². The Labute approximate surface area is 153 Å². The van der Waals surface area contributed by atoms with Crippen LogP contribution in [0, 0.1) is 6.92 Å². The molecular formula is C18H15ClN4OS. The first-order valence-electron chi connectivity index (χ1n) is 7.78. The molecule has 0 fully saturated rings. The molecule has 0 spiro atoms. The summed E-state index contributed by atoms with van der Waals surface area (Å²) in [6.07, 6.45) is 2.02. The largest absolute Gasteiger partial charge is 0.322 e. The van der Waals surface area contributed by atoms with E-state index in [1.807, 2.05) is 44.3 Å². The van der Waals surface area contributed by atoms with Crippen molar-refractivity contribution in [2.75, 3.05) is 0 Å². The molecule has 0 radical (unpaired) electrons. The summed E-state index contributed by atoms with van der Waals surface area (Å²) in [6.45, 7) is 2.02. The molecule has 0 aliphatic heterocycles. The molecule has 25 heavy (non-hydrogen) atoms. The van der Waals surface area contributed by atoms with Crippen molar-refractivity contribution >= 4 is 33.2 Å². The molecule has 0 amide bonds. The van der Waals surface area contributed by atoms with Crippen molar-refractivity contribution in [1.29, 1.82) is 0 Å². The second-order valence-electron chi connectivity index (χ2n) is 5.82. The van der Waals surface area contributed by atoms with E-state index < -0.39 is 0 Å². The molecule has 0 unspecified atom stereocenters. The van der Waals surface area contributed by atoms with Crippen LogP contribution in [0.15, 0.2) is 41.3 Å². The minimum Gasteiger partial charge on any atom is -0.322 e. The van der Waals surface area contributed by atoms with Gasteiger partial charge in [-0.2, -0.15) is 0 Å². The van der Waals surface area contributed by atoms with Gasteiger partial charge in [-0.3, -0.25) is 4.79 Å². The highest BCUT2D eigenvalue weighted by Gasteiger charge is 2.17. The Morgan fingerprint density at radius 3 is 2.72 bits per heavy atom. The number of rotatable bonds is 3. The molecule has 1 N–H and O–H groups in total. The van der Waals surface area contributed by atoms with Crippen molar-refractivity contribution in [3.63, 3.8) is 0 Å². The average Bonchev–Trinajstić information content (AvgIpc) is 3.09. The highest BCUT2D eigenvalue weighted by Crippen LogP contribution is 2.35. The molecule has 7 heteroatoms. The summed E-state index contributed by atoms with van der Waals surface area (Å²) in [5.74, 6) is 1.34. The number of aryl methyl sites for hydroxylation is 1. The number of benzene rings is 1. The Hall–Kier alpha value is -2.44. The standard InChI is InChI=1S/C18H15ClN4OS/c1-10-15(11-6-4-3-5-7-11)16-17(24)21-13(22-18(16)25-10)8-14-20-9-12(19)23(14)2/h3-7,9H,8H2,1-2H3,(H,21,22,24). The topological polar surface area (TPSA) is 63.6 Å². The maximum absolute atomic E-state index is 12.7. The van der Waals surface area contributed by atoms with Gasteiger partial charge in [-0.05, 0) is 12.5 Å². The van der Waals surface area contributed by atoms with Crippen molar-refractivity contribution in [3.8, 4) is 11.1 Å². The quantitative estimate of drug-likeness (QED) is 0.594. The van der Waals surface area contributed by atoms with Gasteiger partial charge in [0.25, 0.3) is 5.56 Å². The van der Waals surface area contributed by atoms with Crippen LogP contribution in [-0.2, 0) is 13.5 Å². The fraction of sp³-hybridized carbons (Fsp3) is 0.167. The maximum Gasteiger partial charge on any atom is 0.260 e. The Balaban J connectivity index is 1.84. The fourth-order valence-electron chi connectivity index (χ4n) is 2.94. The van der Waals surface area contributed by atoms with Crippen LogP contribution in [0.1, 0.15) is 16.5 Å². The normalized spacial score (nSPS) is 11.3. The number of imidazole rings is 1. The predicted octanol–water partition coefficient (Wildman–Crippen LogP) is 3.94. The summed E-state index contributed by atoms with van der Waals surface area (Å²) in [7, 11) is 1.84. The highest BCUT2D eigenvalue weighted by atomic mass is 35.5. The number of hydrogen-bond donors (Lipinski definition) is 1. The zero-order valence-electron chi connectivity index (χ0n) is 13.7. The van der Waals surface area contributed by atoms with Crippen molar-refractivity contribution in [2.45, 2.75) is 13.3 Å². The third-order valence-corrected chi connectivity index (χ3v) is 5.55. The van der Waals surface area contributed by atoms with Crippen molar-refractivity contribution in [2.24, 2.45) is 7.05 Å². The molecule has 0 aliphatic carbocycles. The van der Waals surface area contributed by atoms with E-state index in [0.717, 1.165) is 26.7 Å². The minimum atomic E-state index is -0.122. The number of H-pyrrole nitrogens is 1. The number of nitrogens with zero attached hydrogens (tertiary/aromatic N) is 3. The Bertz CT molecular complexity index is 1130. The zero-order valence-corrected chi connectivity index (χ0v) is 15.3. The number of aromatic nitrogens is 4. The molecule has 4 aromatic rings. The fourth-order valence-corrected chi connectivity index (χ4v) is 4.15. The molecule has 0 bridgehead atoms. The highest BCUT2D eigenvalue weighted by molar-refractivity contribution is 7.19. The summed E-state index contributed by atoms with van der Waals surface area (Å²) in [5.41, 5.74) is 1.87. The van der Waals surface area contributed by atoms with Crippen molar-refractivity contribution in [3.05, 3.63) is 68.6 Å². The lowest BCUT2D eigenvalue weighted by Crippen LogP contribution is -2.13. The van der Waals surface area contributed by atoms with Gasteiger partial charge in [0, 0.05) is 17.5 Å². The summed E-state index contributed by atoms with van der Waals surface area (Å²) in [4.78, 5) is 26.4. The molecule has 0 saturated carbocycles. The minimum absolute atomic E-state index is 0.122. The Kier molecular flexibility index (Phi) is 3.94. The van der Waals surface area contributed by atoms with Gasteiger partial charge in [-0.1, -0.05) is 41.9 Å². The van der Waals surface area contributed by atoms with Crippen molar-refractivity contribution < 1.29 is 0 Å². The lowest BCUT2D eigenvalue weighted by atomic mass is 10.0. The predicted molar refractivity (Wildman–Crippen MR) is 101 cm³/mol. The van der Waals surface area contributed by atoms with Gasteiger partial charge in [-0.15, -0.1) is 11.3 Å². The number of thiophene rings is 1. The monoisotopic (exact) mass is 370 g/mol. The van der Waals surface area contributed by atoms with Crippen molar-refractivity contribution in [1.82, 2.24) is 19.5 Å². The number of halogens is 1. The smallest absolute Gasteiger partial charge is 0.260 e. The van der Waals surface area contributed by atoms with Gasteiger partial charge in [0.1, 0.15) is 21.6 Å². The number of aromatic amines is 1. The number of fused-ring (bicyclic) bond motifs is 1. The lowest BCUT2D eigenvalue weighted by Gasteiger charge is -2.04. The van der Waals surface area contributed by atoms with Crippen LogP contribution >= 0.6 is 22.9 Å². The van der Waals surface area contributed by atoms with Gasteiger partial charge < -0.3 is 9.55 Å². The molecule has 0 atom stereocenters. The van der Waals surface area contributed by atoms with E-state index in [9.17, 15) is 4.79 Å². The SMILES string of the molecule is Cc1sc2nc(Cc3ncc(Cl)n3C)[nH]c(=O)c2c1-c1ccccc1. The molecule has 0 saturated heterocycles. The second kappa shape index (κ2) is 6.13. The lowest BCUT2D eigenvalue weighted by molar-refractivity contribution is 0.797. The van der Waals surface area contributed by atoms with Gasteiger partial charge in [-0.25, -0.2) is 9.97 Å². The second-order valence-corrected chi connectivity index (χ2v) is 7.42. The molecule has 0 aliphatic rings. The van der Waals surface area contributed by atoms with Gasteiger partial charge in [0.05, 0.1) is 18.0 Å². The molecular weight excluding hydrogens is 356 g/mol. The van der Waals surface area contributed by atoms with Gasteiger partial charge >= 0.3 is 0 Å². The van der Waals surface area contributed by atoms with Crippen LogP contribution in [-0.4, -0.2) is 19.5 Å². The number of nitrogens with one attached hydrogen (secondary N) is 1. The first-order chi connectivity index (χ1) is 12.0. The average molecular weight is 371 g/mol. The van der Waals surface area contributed by atoms with E-state index in [1.165, 1.54) is 11.3 Å². The van der Waals surface area contributed by atoms with Crippen LogP contribution in [0.5, 0.6) is 0 Å².